The molecule has 1 aliphatic rings. The molecule has 2 amide bonds. The number of urea groups is 1. The van der Waals surface area contributed by atoms with Crippen molar-refractivity contribution < 1.29 is 18.8 Å². The molecule has 2 heterocycles. The number of hydrogen-bond donors (Lipinski definition) is 1. The van der Waals surface area contributed by atoms with Crippen LogP contribution in [0.3, 0.4) is 0 Å². The molecule has 138 valence electrons. The van der Waals surface area contributed by atoms with Gasteiger partial charge in [-0.2, -0.15) is 0 Å². The molecule has 7 nitrogen and oxygen atoms in total. The minimum Gasteiger partial charge on any atom is -0.462 e. The van der Waals surface area contributed by atoms with E-state index in [2.05, 4.69) is 10.5 Å². The van der Waals surface area contributed by atoms with Crippen molar-refractivity contribution in [1.29, 1.82) is 0 Å². The van der Waals surface area contributed by atoms with E-state index in [1.54, 1.807) is 31.2 Å². The van der Waals surface area contributed by atoms with Gasteiger partial charge in [0.1, 0.15) is 5.76 Å². The molecule has 1 N–H and O–H groups in total. The normalized spacial score (nSPS) is 16.6. The number of ether oxygens (including phenoxy) is 1. The smallest absolute Gasteiger partial charge is 0.338 e. The highest BCUT2D eigenvalue weighted by molar-refractivity contribution is 5.92. The van der Waals surface area contributed by atoms with Crippen molar-refractivity contribution in [2.24, 2.45) is 0 Å². The van der Waals surface area contributed by atoms with Crippen LogP contribution in [0.4, 0.5) is 10.5 Å². The standard InChI is InChI=1S/C19H23N3O4/c1-4-25-18(23)14-7-9-15(10-8-14)20-19(24)22-11-5-6-16(22)17-12(2)21-26-13(17)3/h7-10,16H,4-6,11H2,1-3H3,(H,20,24)/t16-/m1/s1. The summed E-state index contributed by atoms with van der Waals surface area (Å²) in [5.41, 5.74) is 2.91. The number of carbonyl (C=O) groups is 2. The number of anilines is 1. The number of rotatable bonds is 4. The van der Waals surface area contributed by atoms with Gasteiger partial charge in [0.2, 0.25) is 0 Å². The van der Waals surface area contributed by atoms with Crippen LogP contribution in [-0.2, 0) is 4.74 Å². The lowest BCUT2D eigenvalue weighted by molar-refractivity contribution is 0.0526. The molecule has 0 aliphatic carbocycles. The van der Waals surface area contributed by atoms with Gasteiger partial charge in [0.05, 0.1) is 23.9 Å². The molecular weight excluding hydrogens is 334 g/mol. The van der Waals surface area contributed by atoms with Gasteiger partial charge in [-0.3, -0.25) is 0 Å². The van der Waals surface area contributed by atoms with Gasteiger partial charge in [0.25, 0.3) is 0 Å². The van der Waals surface area contributed by atoms with Crippen LogP contribution >= 0.6 is 0 Å². The van der Waals surface area contributed by atoms with E-state index in [1.807, 2.05) is 18.7 Å². The fraction of sp³-hybridized carbons (Fsp3) is 0.421. The van der Waals surface area contributed by atoms with E-state index < -0.39 is 0 Å². The van der Waals surface area contributed by atoms with Gasteiger partial charge in [0.15, 0.2) is 0 Å². The highest BCUT2D eigenvalue weighted by Crippen LogP contribution is 2.35. The van der Waals surface area contributed by atoms with Crippen LogP contribution in [-0.4, -0.2) is 35.2 Å². The van der Waals surface area contributed by atoms with E-state index in [0.29, 0.717) is 24.4 Å². The Balaban J connectivity index is 1.70. The number of amides is 2. The molecular formula is C19H23N3O4. The van der Waals surface area contributed by atoms with Crippen LogP contribution in [0, 0.1) is 13.8 Å². The number of nitrogens with zero attached hydrogens (tertiary/aromatic N) is 2. The molecule has 1 aliphatic heterocycles. The molecule has 0 radical (unpaired) electrons. The number of aromatic nitrogens is 1. The minimum absolute atomic E-state index is 0.0277. The Morgan fingerprint density at radius 3 is 2.65 bits per heavy atom. The zero-order valence-corrected chi connectivity index (χ0v) is 15.2. The van der Waals surface area contributed by atoms with Crippen LogP contribution in [0.2, 0.25) is 0 Å². The van der Waals surface area contributed by atoms with Crippen LogP contribution in [0.5, 0.6) is 0 Å². The second kappa shape index (κ2) is 7.59. The van der Waals surface area contributed by atoms with Gasteiger partial charge < -0.3 is 19.5 Å². The summed E-state index contributed by atoms with van der Waals surface area (Å²) in [6.07, 6.45) is 1.82. The molecule has 1 aromatic carbocycles. The first-order valence-electron chi connectivity index (χ1n) is 8.78. The van der Waals surface area contributed by atoms with E-state index in [4.69, 9.17) is 9.26 Å². The Morgan fingerprint density at radius 1 is 1.31 bits per heavy atom. The Labute approximate surface area is 152 Å². The summed E-state index contributed by atoms with van der Waals surface area (Å²) in [7, 11) is 0. The quantitative estimate of drug-likeness (QED) is 0.841. The van der Waals surface area contributed by atoms with Crippen molar-refractivity contribution in [3.8, 4) is 0 Å². The molecule has 1 fully saturated rings. The van der Waals surface area contributed by atoms with Gasteiger partial charge >= 0.3 is 12.0 Å². The summed E-state index contributed by atoms with van der Waals surface area (Å²) in [6.45, 7) is 6.54. The first kappa shape index (κ1) is 18.0. The average molecular weight is 357 g/mol. The Morgan fingerprint density at radius 2 is 2.04 bits per heavy atom. The fourth-order valence-corrected chi connectivity index (χ4v) is 3.38. The summed E-state index contributed by atoms with van der Waals surface area (Å²) in [5, 5.41) is 6.90. The molecule has 2 aromatic rings. The SMILES string of the molecule is CCOC(=O)c1ccc(NC(=O)N2CCC[C@@H]2c2c(C)noc2C)cc1. The number of likely N-dealkylation sites (tertiary alicyclic amines) is 1. The van der Waals surface area contributed by atoms with E-state index in [1.165, 1.54) is 0 Å². The summed E-state index contributed by atoms with van der Waals surface area (Å²) in [6, 6.07) is 6.49. The number of hydrogen-bond acceptors (Lipinski definition) is 5. The van der Waals surface area contributed by atoms with E-state index in [-0.39, 0.29) is 18.0 Å². The zero-order valence-electron chi connectivity index (χ0n) is 15.2. The number of nitrogens with one attached hydrogen (secondary N) is 1. The highest BCUT2D eigenvalue weighted by atomic mass is 16.5. The summed E-state index contributed by atoms with van der Waals surface area (Å²) in [5.74, 6) is 0.384. The maximum absolute atomic E-state index is 12.7. The lowest BCUT2D eigenvalue weighted by Crippen LogP contribution is -2.34. The summed E-state index contributed by atoms with van der Waals surface area (Å²) < 4.78 is 10.2. The first-order chi connectivity index (χ1) is 12.5. The van der Waals surface area contributed by atoms with Crippen LogP contribution in [0.1, 0.15) is 53.2 Å². The largest absolute Gasteiger partial charge is 0.462 e. The van der Waals surface area contributed by atoms with Crippen molar-refractivity contribution in [3.63, 3.8) is 0 Å². The van der Waals surface area contributed by atoms with Gasteiger partial charge in [0, 0.05) is 17.8 Å². The monoisotopic (exact) mass is 357 g/mol. The molecule has 0 unspecified atom stereocenters. The van der Waals surface area contributed by atoms with Gasteiger partial charge in [-0.05, 0) is 57.9 Å². The van der Waals surface area contributed by atoms with Crippen LogP contribution in [0.15, 0.2) is 28.8 Å². The molecule has 0 bridgehead atoms. The number of carbonyl (C=O) groups excluding carboxylic acids is 2. The predicted molar refractivity (Wildman–Crippen MR) is 96.1 cm³/mol. The van der Waals surface area contributed by atoms with Crippen molar-refractivity contribution in [3.05, 3.63) is 46.8 Å². The number of esters is 1. The minimum atomic E-state index is -0.372. The second-order valence-corrected chi connectivity index (χ2v) is 6.32. The lowest BCUT2D eigenvalue weighted by Gasteiger charge is -2.25. The molecule has 1 atom stereocenters. The number of aryl methyl sites for hydroxylation is 2. The Bertz CT molecular complexity index is 778. The maximum atomic E-state index is 12.7. The lowest BCUT2D eigenvalue weighted by atomic mass is 10.0. The molecule has 3 rings (SSSR count). The molecule has 1 saturated heterocycles. The topological polar surface area (TPSA) is 84.7 Å². The van der Waals surface area contributed by atoms with E-state index in [9.17, 15) is 9.59 Å². The zero-order chi connectivity index (χ0) is 18.7. The van der Waals surface area contributed by atoms with Crippen molar-refractivity contribution in [2.45, 2.75) is 39.7 Å². The van der Waals surface area contributed by atoms with Crippen molar-refractivity contribution in [2.75, 3.05) is 18.5 Å². The molecule has 7 heteroatoms. The Hall–Kier alpha value is -2.83. The van der Waals surface area contributed by atoms with Gasteiger partial charge in [-0.25, -0.2) is 9.59 Å². The van der Waals surface area contributed by atoms with E-state index >= 15 is 0 Å². The molecule has 26 heavy (non-hydrogen) atoms. The van der Waals surface area contributed by atoms with Gasteiger partial charge in [-0.1, -0.05) is 5.16 Å². The predicted octanol–water partition coefficient (Wildman–Crippen LogP) is 3.84. The van der Waals surface area contributed by atoms with Crippen LogP contribution < -0.4 is 5.32 Å². The van der Waals surface area contributed by atoms with E-state index in [0.717, 1.165) is 29.9 Å². The summed E-state index contributed by atoms with van der Waals surface area (Å²) in [4.78, 5) is 26.2. The second-order valence-electron chi connectivity index (χ2n) is 6.32. The van der Waals surface area contributed by atoms with Gasteiger partial charge in [-0.15, -0.1) is 0 Å². The first-order valence-corrected chi connectivity index (χ1v) is 8.78. The molecule has 1 aromatic heterocycles. The Kier molecular flexibility index (Phi) is 5.25. The van der Waals surface area contributed by atoms with Crippen molar-refractivity contribution >= 4 is 17.7 Å². The third-order valence-corrected chi connectivity index (χ3v) is 4.58. The molecule has 0 saturated carbocycles. The summed E-state index contributed by atoms with van der Waals surface area (Å²) >= 11 is 0. The molecule has 0 spiro atoms. The van der Waals surface area contributed by atoms with Crippen LogP contribution in [0.25, 0.3) is 0 Å². The third kappa shape index (κ3) is 3.56. The average Bonchev–Trinajstić information content (AvgIpc) is 3.22. The maximum Gasteiger partial charge on any atom is 0.338 e. The fourth-order valence-electron chi connectivity index (χ4n) is 3.38. The third-order valence-electron chi connectivity index (χ3n) is 4.58. The number of benzene rings is 1. The highest BCUT2D eigenvalue weighted by Gasteiger charge is 2.33. The van der Waals surface area contributed by atoms with Crippen molar-refractivity contribution in [1.82, 2.24) is 10.1 Å².